The van der Waals surface area contributed by atoms with Gasteiger partial charge in [0.1, 0.15) is 5.82 Å². The van der Waals surface area contributed by atoms with Crippen molar-refractivity contribution in [1.82, 2.24) is 14.7 Å². The summed E-state index contributed by atoms with van der Waals surface area (Å²) in [5, 5.41) is 4.36. The first-order valence-corrected chi connectivity index (χ1v) is 9.38. The van der Waals surface area contributed by atoms with Crippen LogP contribution in [-0.2, 0) is 29.1 Å². The molecule has 0 unspecified atom stereocenters. The van der Waals surface area contributed by atoms with Gasteiger partial charge in [-0.3, -0.25) is 13.7 Å². The van der Waals surface area contributed by atoms with Gasteiger partial charge in [0.15, 0.2) is 0 Å². The molecule has 1 aliphatic rings. The molecule has 8 heteroatoms. The summed E-state index contributed by atoms with van der Waals surface area (Å²) in [6, 6.07) is 4.05. The Bertz CT molecular complexity index is 775. The minimum atomic E-state index is -0.985. The third-order valence-electron chi connectivity index (χ3n) is 4.10. The van der Waals surface area contributed by atoms with E-state index in [0.29, 0.717) is 18.1 Å². The zero-order valence-electron chi connectivity index (χ0n) is 13.1. The highest BCUT2D eigenvalue weighted by atomic mass is 35.5. The highest BCUT2D eigenvalue weighted by Gasteiger charge is 2.32. The average molecular weight is 370 g/mol. The first-order chi connectivity index (χ1) is 11.5. The lowest BCUT2D eigenvalue weighted by atomic mass is 10.1. The van der Waals surface area contributed by atoms with Crippen LogP contribution >= 0.6 is 11.6 Å². The predicted molar refractivity (Wildman–Crippen MR) is 90.7 cm³/mol. The molecule has 1 aromatic heterocycles. The molecular weight excluding hydrogens is 353 g/mol. The Morgan fingerprint density at radius 3 is 2.96 bits per heavy atom. The quantitative estimate of drug-likeness (QED) is 0.832. The van der Waals surface area contributed by atoms with Gasteiger partial charge in [0.2, 0.25) is 5.91 Å². The fraction of sp³-hybridized carbons (Fsp3) is 0.375. The molecule has 2 heterocycles. The number of nitrogens with zero attached hydrogens (tertiary/aromatic N) is 3. The number of amides is 1. The fourth-order valence-electron chi connectivity index (χ4n) is 2.85. The molecule has 0 radical (unpaired) electrons. The van der Waals surface area contributed by atoms with Crippen LogP contribution in [0.4, 0.5) is 4.39 Å². The topological polar surface area (TPSA) is 55.2 Å². The van der Waals surface area contributed by atoms with Crippen molar-refractivity contribution in [2.75, 3.05) is 18.1 Å². The maximum Gasteiger partial charge on any atom is 0.227 e. The van der Waals surface area contributed by atoms with Crippen LogP contribution in [0.25, 0.3) is 0 Å². The van der Waals surface area contributed by atoms with Crippen molar-refractivity contribution >= 4 is 28.3 Å². The minimum absolute atomic E-state index is 0.116. The van der Waals surface area contributed by atoms with Gasteiger partial charge in [0, 0.05) is 58.2 Å². The first-order valence-electron chi connectivity index (χ1n) is 7.51. The zero-order chi connectivity index (χ0) is 17.3. The second-order valence-corrected chi connectivity index (χ2v) is 7.77. The lowest BCUT2D eigenvalue weighted by molar-refractivity contribution is -0.132. The Kier molecular flexibility index (Phi) is 5.01. The molecule has 1 aliphatic heterocycles. The van der Waals surface area contributed by atoms with E-state index >= 15 is 0 Å². The summed E-state index contributed by atoms with van der Waals surface area (Å²) in [5.74, 6) is 0.0672. The van der Waals surface area contributed by atoms with E-state index < -0.39 is 16.6 Å². The Morgan fingerprint density at radius 2 is 2.29 bits per heavy atom. The van der Waals surface area contributed by atoms with Gasteiger partial charge in [-0.2, -0.15) is 5.10 Å². The molecule has 1 aromatic carbocycles. The predicted octanol–water partition coefficient (Wildman–Crippen LogP) is 2.09. The van der Waals surface area contributed by atoms with Gasteiger partial charge in [-0.05, 0) is 12.1 Å². The average Bonchev–Trinajstić information content (AvgIpc) is 2.97. The van der Waals surface area contributed by atoms with E-state index in [4.69, 9.17) is 11.6 Å². The molecule has 0 N–H and O–H groups in total. The van der Waals surface area contributed by atoms with Gasteiger partial charge in [-0.1, -0.05) is 17.7 Å². The highest BCUT2D eigenvalue weighted by Crippen LogP contribution is 2.27. The Balaban J connectivity index is 1.85. The van der Waals surface area contributed by atoms with Crippen LogP contribution < -0.4 is 0 Å². The second kappa shape index (κ2) is 7.03. The molecular formula is C16H17ClFN3O2S. The van der Waals surface area contributed by atoms with E-state index in [0.717, 1.165) is 5.56 Å². The van der Waals surface area contributed by atoms with Crippen LogP contribution in [0.15, 0.2) is 30.6 Å². The summed E-state index contributed by atoms with van der Waals surface area (Å²) < 4.78 is 27.5. The van der Waals surface area contributed by atoms with E-state index in [1.54, 1.807) is 28.9 Å². The fourth-order valence-corrected chi connectivity index (χ4v) is 4.37. The summed E-state index contributed by atoms with van der Waals surface area (Å²) in [4.78, 5) is 14.4. The second-order valence-electron chi connectivity index (χ2n) is 5.74. The van der Waals surface area contributed by atoms with Gasteiger partial charge >= 0.3 is 0 Å². The molecule has 128 valence electrons. The number of aryl methyl sites for hydroxylation is 1. The third-order valence-corrected chi connectivity index (χ3v) is 5.78. The first kappa shape index (κ1) is 17.1. The smallest absolute Gasteiger partial charge is 0.227 e. The van der Waals surface area contributed by atoms with Crippen LogP contribution in [0.2, 0.25) is 5.02 Å². The monoisotopic (exact) mass is 369 g/mol. The van der Waals surface area contributed by atoms with Crippen molar-refractivity contribution in [3.05, 3.63) is 52.6 Å². The van der Waals surface area contributed by atoms with Crippen LogP contribution in [-0.4, -0.2) is 42.8 Å². The number of aromatic nitrogens is 2. The van der Waals surface area contributed by atoms with Crippen molar-refractivity contribution < 1.29 is 13.4 Å². The highest BCUT2D eigenvalue weighted by molar-refractivity contribution is 7.85. The zero-order valence-corrected chi connectivity index (χ0v) is 14.7. The Morgan fingerprint density at radius 1 is 1.50 bits per heavy atom. The summed E-state index contributed by atoms with van der Waals surface area (Å²) in [7, 11) is 0.801. The van der Waals surface area contributed by atoms with Crippen LogP contribution in [0, 0.1) is 5.82 Å². The molecule has 24 heavy (non-hydrogen) atoms. The summed E-state index contributed by atoms with van der Waals surface area (Å²) in [6.45, 7) is 0.372. The van der Waals surface area contributed by atoms with Crippen LogP contribution in [0.3, 0.4) is 0 Å². The van der Waals surface area contributed by atoms with Gasteiger partial charge in [0.25, 0.3) is 0 Å². The SMILES string of the molecule is Cn1cc([C@H]2C[S@](=O)CCN2C(=O)Cc2c(F)cccc2Cl)cn1. The Hall–Kier alpha value is -1.73. The third kappa shape index (κ3) is 3.52. The molecule has 0 spiro atoms. The van der Waals surface area contributed by atoms with Crippen LogP contribution in [0.5, 0.6) is 0 Å². The molecule has 0 saturated carbocycles. The molecule has 1 fully saturated rings. The number of hydrogen-bond donors (Lipinski definition) is 0. The lowest BCUT2D eigenvalue weighted by Crippen LogP contribution is -2.45. The number of halogens is 2. The van der Waals surface area contributed by atoms with E-state index in [9.17, 15) is 13.4 Å². The van der Waals surface area contributed by atoms with E-state index in [1.807, 2.05) is 6.20 Å². The number of rotatable bonds is 3. The molecule has 0 aliphatic carbocycles. The number of carbonyl (C=O) groups is 1. The van der Waals surface area contributed by atoms with Gasteiger partial charge in [0.05, 0.1) is 18.7 Å². The number of benzene rings is 1. The molecule has 3 rings (SSSR count). The van der Waals surface area contributed by atoms with Crippen LogP contribution in [0.1, 0.15) is 17.2 Å². The Labute approximate surface area is 146 Å². The van der Waals surface area contributed by atoms with Crippen molar-refractivity contribution in [3.63, 3.8) is 0 Å². The maximum absolute atomic E-state index is 13.9. The molecule has 1 amide bonds. The molecule has 1 saturated heterocycles. The van der Waals surface area contributed by atoms with E-state index in [-0.39, 0.29) is 29.0 Å². The minimum Gasteiger partial charge on any atom is -0.333 e. The largest absolute Gasteiger partial charge is 0.333 e. The van der Waals surface area contributed by atoms with Crippen molar-refractivity contribution in [3.8, 4) is 0 Å². The van der Waals surface area contributed by atoms with Crippen molar-refractivity contribution in [2.24, 2.45) is 7.05 Å². The van der Waals surface area contributed by atoms with Gasteiger partial charge in [-0.25, -0.2) is 4.39 Å². The van der Waals surface area contributed by atoms with Gasteiger partial charge in [-0.15, -0.1) is 0 Å². The normalized spacial score (nSPS) is 21.0. The van der Waals surface area contributed by atoms with Crippen molar-refractivity contribution in [1.29, 1.82) is 0 Å². The lowest BCUT2D eigenvalue weighted by Gasteiger charge is -2.35. The standard InChI is InChI=1S/C16H17ClFN3O2S/c1-20-9-11(8-19-20)15-10-24(23)6-5-21(15)16(22)7-12-13(17)3-2-4-14(12)18/h2-4,8-9,15H,5-7,10H2,1H3/t15-,24-/m1/s1. The summed E-state index contributed by atoms with van der Waals surface area (Å²) in [6.07, 6.45) is 3.36. The number of hydrogen-bond acceptors (Lipinski definition) is 3. The van der Waals surface area contributed by atoms with E-state index in [2.05, 4.69) is 5.10 Å². The number of carbonyl (C=O) groups excluding carboxylic acids is 1. The maximum atomic E-state index is 13.9. The molecule has 5 nitrogen and oxygen atoms in total. The summed E-state index contributed by atoms with van der Waals surface area (Å²) in [5.41, 5.74) is 1.03. The molecule has 2 atom stereocenters. The van der Waals surface area contributed by atoms with Gasteiger partial charge < -0.3 is 4.90 Å². The molecule has 2 aromatic rings. The summed E-state index contributed by atoms with van der Waals surface area (Å²) >= 11 is 6.02. The molecule has 0 bridgehead atoms. The van der Waals surface area contributed by atoms with Crippen molar-refractivity contribution in [2.45, 2.75) is 12.5 Å². The van der Waals surface area contributed by atoms with E-state index in [1.165, 1.54) is 12.1 Å².